The van der Waals surface area contributed by atoms with Crippen LogP contribution < -0.4 is 5.32 Å². The number of ether oxygens (including phenoxy) is 1. The summed E-state index contributed by atoms with van der Waals surface area (Å²) in [5, 5.41) is 6.96. The third-order valence-electron chi connectivity index (χ3n) is 2.56. The van der Waals surface area contributed by atoms with Crippen molar-refractivity contribution in [3.63, 3.8) is 0 Å². The van der Waals surface area contributed by atoms with Crippen LogP contribution >= 0.6 is 0 Å². The van der Waals surface area contributed by atoms with Gasteiger partial charge in [0.1, 0.15) is 6.26 Å². The molecule has 1 fully saturated rings. The maximum Gasteiger partial charge on any atom is 0.129 e. The van der Waals surface area contributed by atoms with E-state index in [1.54, 1.807) is 12.5 Å². The Morgan fingerprint density at radius 2 is 2.36 bits per heavy atom. The first-order valence-corrected chi connectivity index (χ1v) is 5.12. The van der Waals surface area contributed by atoms with E-state index in [1.807, 2.05) is 0 Å². The van der Waals surface area contributed by atoms with E-state index in [0.717, 1.165) is 31.2 Å². The van der Waals surface area contributed by atoms with Crippen LogP contribution in [-0.4, -0.2) is 24.9 Å². The van der Waals surface area contributed by atoms with Gasteiger partial charge in [-0.2, -0.15) is 0 Å². The molecule has 0 aromatic carbocycles. The van der Waals surface area contributed by atoms with E-state index in [1.165, 1.54) is 12.8 Å². The van der Waals surface area contributed by atoms with Gasteiger partial charge >= 0.3 is 0 Å². The van der Waals surface area contributed by atoms with E-state index >= 15 is 0 Å². The minimum atomic E-state index is 0.618. The van der Waals surface area contributed by atoms with E-state index in [2.05, 4.69) is 10.5 Å². The highest BCUT2D eigenvalue weighted by molar-refractivity contribution is 4.97. The molecule has 0 bridgehead atoms. The Kier molecular flexibility index (Phi) is 3.54. The SMILES string of the molecule is c1nocc1COCC1CCNCC1. The van der Waals surface area contributed by atoms with Crippen LogP contribution in [0.4, 0.5) is 0 Å². The highest BCUT2D eigenvalue weighted by Gasteiger charge is 2.12. The van der Waals surface area contributed by atoms with Crippen LogP contribution in [0.3, 0.4) is 0 Å². The van der Waals surface area contributed by atoms with Crippen molar-refractivity contribution >= 4 is 0 Å². The smallest absolute Gasteiger partial charge is 0.129 e. The fraction of sp³-hybridized carbons (Fsp3) is 0.700. The molecule has 1 saturated heterocycles. The van der Waals surface area contributed by atoms with Crippen molar-refractivity contribution in [3.8, 4) is 0 Å². The summed E-state index contributed by atoms with van der Waals surface area (Å²) in [6, 6.07) is 0. The number of rotatable bonds is 4. The van der Waals surface area contributed by atoms with Crippen molar-refractivity contribution in [1.82, 2.24) is 10.5 Å². The summed E-state index contributed by atoms with van der Waals surface area (Å²) < 4.78 is 10.3. The fourth-order valence-electron chi connectivity index (χ4n) is 1.69. The number of piperidine rings is 1. The van der Waals surface area contributed by atoms with Crippen molar-refractivity contribution in [2.75, 3.05) is 19.7 Å². The number of nitrogens with zero attached hydrogens (tertiary/aromatic N) is 1. The Bertz CT molecular complexity index is 243. The van der Waals surface area contributed by atoms with E-state index in [-0.39, 0.29) is 0 Å². The lowest BCUT2D eigenvalue weighted by Crippen LogP contribution is -2.29. The Hall–Kier alpha value is -0.870. The second-order valence-corrected chi connectivity index (χ2v) is 3.74. The van der Waals surface area contributed by atoms with Crippen molar-refractivity contribution in [2.24, 2.45) is 5.92 Å². The summed E-state index contributed by atoms with van der Waals surface area (Å²) in [6.07, 6.45) is 5.78. The van der Waals surface area contributed by atoms with Gasteiger partial charge in [-0.1, -0.05) is 5.16 Å². The van der Waals surface area contributed by atoms with E-state index in [4.69, 9.17) is 9.26 Å². The molecule has 0 atom stereocenters. The molecule has 2 heterocycles. The molecule has 1 N–H and O–H groups in total. The predicted molar refractivity (Wildman–Crippen MR) is 51.8 cm³/mol. The molecular formula is C10H16N2O2. The van der Waals surface area contributed by atoms with E-state index in [0.29, 0.717) is 6.61 Å². The highest BCUT2D eigenvalue weighted by atomic mass is 16.5. The predicted octanol–water partition coefficient (Wildman–Crippen LogP) is 1.19. The second-order valence-electron chi connectivity index (χ2n) is 3.74. The molecule has 1 aliphatic rings. The Labute approximate surface area is 83.6 Å². The molecule has 0 unspecified atom stereocenters. The molecule has 4 nitrogen and oxygen atoms in total. The van der Waals surface area contributed by atoms with Gasteiger partial charge in [0.2, 0.25) is 0 Å². The molecule has 1 aromatic heterocycles. The van der Waals surface area contributed by atoms with Crippen LogP contribution in [0.15, 0.2) is 17.0 Å². The summed E-state index contributed by atoms with van der Waals surface area (Å²) in [6.45, 7) is 3.73. The molecule has 0 amide bonds. The molecule has 1 aliphatic heterocycles. The zero-order valence-electron chi connectivity index (χ0n) is 8.24. The van der Waals surface area contributed by atoms with Gasteiger partial charge in [0.05, 0.1) is 12.8 Å². The maximum atomic E-state index is 5.59. The number of nitrogens with one attached hydrogen (secondary N) is 1. The van der Waals surface area contributed by atoms with Crippen LogP contribution in [-0.2, 0) is 11.3 Å². The lowest BCUT2D eigenvalue weighted by molar-refractivity contribution is 0.0761. The van der Waals surface area contributed by atoms with Crippen molar-refractivity contribution in [2.45, 2.75) is 19.4 Å². The Morgan fingerprint density at radius 1 is 1.50 bits per heavy atom. The molecule has 4 heteroatoms. The molecule has 78 valence electrons. The van der Waals surface area contributed by atoms with Gasteiger partial charge in [0.15, 0.2) is 0 Å². The third-order valence-corrected chi connectivity index (χ3v) is 2.56. The Balaban J connectivity index is 1.62. The number of hydrogen-bond donors (Lipinski definition) is 1. The quantitative estimate of drug-likeness (QED) is 0.785. The van der Waals surface area contributed by atoms with Crippen LogP contribution in [0.25, 0.3) is 0 Å². The number of aromatic nitrogens is 1. The van der Waals surface area contributed by atoms with Crippen LogP contribution in [0.2, 0.25) is 0 Å². The van der Waals surface area contributed by atoms with Gasteiger partial charge in [-0.25, -0.2) is 0 Å². The lowest BCUT2D eigenvalue weighted by atomic mass is 9.99. The fourth-order valence-corrected chi connectivity index (χ4v) is 1.69. The molecule has 0 saturated carbocycles. The van der Waals surface area contributed by atoms with Gasteiger partial charge in [-0.3, -0.25) is 0 Å². The van der Waals surface area contributed by atoms with Gasteiger partial charge in [-0.05, 0) is 31.8 Å². The van der Waals surface area contributed by atoms with E-state index in [9.17, 15) is 0 Å². The normalized spacial score (nSPS) is 18.6. The highest BCUT2D eigenvalue weighted by Crippen LogP contribution is 2.12. The summed E-state index contributed by atoms with van der Waals surface area (Å²) in [5.74, 6) is 0.719. The monoisotopic (exact) mass is 196 g/mol. The van der Waals surface area contributed by atoms with Crippen molar-refractivity contribution in [3.05, 3.63) is 18.0 Å². The van der Waals surface area contributed by atoms with Gasteiger partial charge in [0, 0.05) is 12.2 Å². The first-order valence-electron chi connectivity index (χ1n) is 5.12. The molecule has 1 aromatic rings. The average Bonchev–Trinajstić information content (AvgIpc) is 2.72. The molecule has 0 aliphatic carbocycles. The molecular weight excluding hydrogens is 180 g/mol. The largest absolute Gasteiger partial charge is 0.376 e. The first-order chi connectivity index (χ1) is 6.95. The molecule has 0 radical (unpaired) electrons. The average molecular weight is 196 g/mol. The van der Waals surface area contributed by atoms with Gasteiger partial charge in [-0.15, -0.1) is 0 Å². The minimum Gasteiger partial charge on any atom is -0.376 e. The second kappa shape index (κ2) is 5.12. The molecule has 0 spiro atoms. The topological polar surface area (TPSA) is 47.3 Å². The summed E-state index contributed by atoms with van der Waals surface area (Å²) in [4.78, 5) is 0. The zero-order valence-corrected chi connectivity index (χ0v) is 8.24. The third kappa shape index (κ3) is 2.82. The molecule has 2 rings (SSSR count). The first kappa shape index (κ1) is 9.68. The maximum absolute atomic E-state index is 5.59. The lowest BCUT2D eigenvalue weighted by Gasteiger charge is -2.22. The van der Waals surface area contributed by atoms with Crippen LogP contribution in [0.5, 0.6) is 0 Å². The summed E-state index contributed by atoms with van der Waals surface area (Å²) in [7, 11) is 0. The van der Waals surface area contributed by atoms with Crippen molar-refractivity contribution in [1.29, 1.82) is 0 Å². The van der Waals surface area contributed by atoms with Crippen molar-refractivity contribution < 1.29 is 9.26 Å². The van der Waals surface area contributed by atoms with E-state index < -0.39 is 0 Å². The summed E-state index contributed by atoms with van der Waals surface area (Å²) >= 11 is 0. The Morgan fingerprint density at radius 3 is 3.07 bits per heavy atom. The molecule has 14 heavy (non-hydrogen) atoms. The summed E-state index contributed by atoms with van der Waals surface area (Å²) in [5.41, 5.74) is 1.01. The van der Waals surface area contributed by atoms with Crippen LogP contribution in [0.1, 0.15) is 18.4 Å². The minimum absolute atomic E-state index is 0.618. The number of hydrogen-bond acceptors (Lipinski definition) is 4. The zero-order chi connectivity index (χ0) is 9.64. The standard InChI is InChI=1S/C10H16N2O2/c1-3-11-4-2-9(1)6-13-7-10-5-12-14-8-10/h5,8-9,11H,1-4,6-7H2. The van der Waals surface area contributed by atoms with Crippen LogP contribution in [0, 0.1) is 5.92 Å². The van der Waals surface area contributed by atoms with Gasteiger partial charge < -0.3 is 14.6 Å². The van der Waals surface area contributed by atoms with Gasteiger partial charge in [0.25, 0.3) is 0 Å².